The Morgan fingerprint density at radius 3 is 2.15 bits per heavy atom. The highest BCUT2D eigenvalue weighted by atomic mass is 16.1. The zero-order valence-electron chi connectivity index (χ0n) is 14.3. The molecule has 0 amide bonds. The molecule has 0 bridgehead atoms. The molecular weight excluding hydrogens is 322 g/mol. The van der Waals surface area contributed by atoms with Crippen LogP contribution in [0.15, 0.2) is 89.7 Å². The molecule has 0 saturated heterocycles. The molecule has 2 heterocycles. The van der Waals surface area contributed by atoms with Crippen molar-refractivity contribution in [3.8, 4) is 0 Å². The molecular formula is C22H19N3O. The van der Waals surface area contributed by atoms with E-state index >= 15 is 0 Å². The molecule has 0 fully saturated rings. The number of rotatable bonds is 5. The van der Waals surface area contributed by atoms with Gasteiger partial charge in [-0.2, -0.15) is 0 Å². The minimum atomic E-state index is -0.0472. The Balaban J connectivity index is 1.67. The molecule has 1 N–H and O–H groups in total. The van der Waals surface area contributed by atoms with E-state index in [2.05, 4.69) is 17.4 Å². The van der Waals surface area contributed by atoms with Gasteiger partial charge in [-0.25, -0.2) is 4.98 Å². The maximum Gasteiger partial charge on any atom is 0.252 e. The average Bonchev–Trinajstić information content (AvgIpc) is 2.70. The van der Waals surface area contributed by atoms with Crippen LogP contribution in [0, 0.1) is 0 Å². The maximum atomic E-state index is 12.4. The second-order valence-electron chi connectivity index (χ2n) is 6.19. The molecule has 0 aliphatic heterocycles. The number of hydrogen-bond acceptors (Lipinski definition) is 3. The van der Waals surface area contributed by atoms with Gasteiger partial charge in [-0.1, -0.05) is 60.7 Å². The molecule has 0 radical (unpaired) electrons. The minimum absolute atomic E-state index is 0.0472. The van der Waals surface area contributed by atoms with E-state index in [0.717, 1.165) is 16.8 Å². The van der Waals surface area contributed by atoms with Gasteiger partial charge in [-0.15, -0.1) is 0 Å². The molecule has 2 aromatic heterocycles. The van der Waals surface area contributed by atoms with Gasteiger partial charge in [-0.05, 0) is 29.3 Å². The van der Waals surface area contributed by atoms with E-state index in [1.807, 2.05) is 66.7 Å². The van der Waals surface area contributed by atoms with E-state index in [1.54, 1.807) is 10.6 Å². The lowest BCUT2D eigenvalue weighted by atomic mass is 10.2. The molecule has 4 nitrogen and oxygen atoms in total. The first-order chi connectivity index (χ1) is 12.8. The molecule has 128 valence electrons. The maximum absolute atomic E-state index is 12.4. The summed E-state index contributed by atoms with van der Waals surface area (Å²) in [6.07, 6.45) is 0. The van der Waals surface area contributed by atoms with Crippen molar-refractivity contribution in [2.45, 2.75) is 13.1 Å². The topological polar surface area (TPSA) is 46.9 Å². The molecule has 26 heavy (non-hydrogen) atoms. The lowest BCUT2D eigenvalue weighted by Gasteiger charge is -2.12. The number of fused-ring (bicyclic) bond motifs is 1. The smallest absolute Gasteiger partial charge is 0.252 e. The first-order valence-electron chi connectivity index (χ1n) is 8.62. The SMILES string of the molecule is O=c1ccc2ccc(NCc3ccccc3)nc2n1Cc1ccccc1. The van der Waals surface area contributed by atoms with Gasteiger partial charge >= 0.3 is 0 Å². The number of nitrogens with one attached hydrogen (secondary N) is 1. The van der Waals surface area contributed by atoms with Crippen molar-refractivity contribution in [1.82, 2.24) is 9.55 Å². The normalized spacial score (nSPS) is 10.8. The van der Waals surface area contributed by atoms with Crippen LogP contribution in [0.3, 0.4) is 0 Å². The summed E-state index contributed by atoms with van der Waals surface area (Å²) in [6.45, 7) is 1.20. The largest absolute Gasteiger partial charge is 0.366 e. The zero-order chi connectivity index (χ0) is 17.8. The van der Waals surface area contributed by atoms with Gasteiger partial charge < -0.3 is 5.32 Å². The molecule has 0 spiro atoms. The third-order valence-corrected chi connectivity index (χ3v) is 4.33. The molecule has 2 aromatic carbocycles. The van der Waals surface area contributed by atoms with Crippen LogP contribution in [0.25, 0.3) is 11.0 Å². The van der Waals surface area contributed by atoms with Crippen molar-refractivity contribution in [2.24, 2.45) is 0 Å². The van der Waals surface area contributed by atoms with Crippen molar-refractivity contribution in [2.75, 3.05) is 5.32 Å². The van der Waals surface area contributed by atoms with Gasteiger partial charge in [0.25, 0.3) is 5.56 Å². The Kier molecular flexibility index (Phi) is 4.48. The Hall–Kier alpha value is -3.40. The summed E-state index contributed by atoms with van der Waals surface area (Å²) in [5.74, 6) is 0.758. The van der Waals surface area contributed by atoms with Gasteiger partial charge in [0.05, 0.1) is 6.54 Å². The van der Waals surface area contributed by atoms with Crippen molar-refractivity contribution < 1.29 is 0 Å². The van der Waals surface area contributed by atoms with Crippen molar-refractivity contribution >= 4 is 16.9 Å². The van der Waals surface area contributed by atoms with Gasteiger partial charge in [0.1, 0.15) is 11.5 Å². The monoisotopic (exact) mass is 341 g/mol. The van der Waals surface area contributed by atoms with E-state index in [9.17, 15) is 4.79 Å². The number of benzene rings is 2. The summed E-state index contributed by atoms with van der Waals surface area (Å²) < 4.78 is 1.72. The van der Waals surface area contributed by atoms with Crippen LogP contribution < -0.4 is 10.9 Å². The average molecular weight is 341 g/mol. The summed E-state index contributed by atoms with van der Waals surface area (Å²) in [7, 11) is 0. The predicted molar refractivity (Wildman–Crippen MR) is 105 cm³/mol. The molecule has 4 heteroatoms. The Morgan fingerprint density at radius 2 is 1.42 bits per heavy atom. The Morgan fingerprint density at radius 1 is 0.769 bits per heavy atom. The first kappa shape index (κ1) is 16.1. The summed E-state index contributed by atoms with van der Waals surface area (Å²) in [6, 6.07) is 27.5. The van der Waals surface area contributed by atoms with Crippen LogP contribution in [0.2, 0.25) is 0 Å². The Bertz CT molecular complexity index is 1070. The van der Waals surface area contributed by atoms with Gasteiger partial charge in [-0.3, -0.25) is 9.36 Å². The summed E-state index contributed by atoms with van der Waals surface area (Å²) in [5.41, 5.74) is 2.91. The van der Waals surface area contributed by atoms with Crippen LogP contribution in [0.5, 0.6) is 0 Å². The highest BCUT2D eigenvalue weighted by molar-refractivity contribution is 5.77. The molecule has 0 unspecified atom stereocenters. The Labute approximate surface area is 151 Å². The standard InChI is InChI=1S/C22H19N3O/c26-21-14-12-19-11-13-20(23-15-17-7-3-1-4-8-17)24-22(19)25(21)16-18-9-5-2-6-10-18/h1-14H,15-16H2,(H,23,24). The van der Waals surface area contributed by atoms with Crippen molar-refractivity contribution in [3.05, 3.63) is 106 Å². The van der Waals surface area contributed by atoms with Crippen molar-refractivity contribution in [3.63, 3.8) is 0 Å². The number of nitrogens with zero attached hydrogens (tertiary/aromatic N) is 2. The predicted octanol–water partition coefficient (Wildman–Crippen LogP) is 4.06. The van der Waals surface area contributed by atoms with E-state index in [0.29, 0.717) is 18.7 Å². The molecule has 4 aromatic rings. The quantitative estimate of drug-likeness (QED) is 0.595. The molecule has 0 aliphatic carbocycles. The van der Waals surface area contributed by atoms with Crippen LogP contribution >= 0.6 is 0 Å². The lowest BCUT2D eigenvalue weighted by molar-refractivity contribution is 0.783. The number of aromatic nitrogens is 2. The second-order valence-corrected chi connectivity index (χ2v) is 6.19. The fourth-order valence-electron chi connectivity index (χ4n) is 2.97. The molecule has 4 rings (SSSR count). The number of pyridine rings is 2. The third kappa shape index (κ3) is 3.49. The molecule has 0 aliphatic rings. The third-order valence-electron chi connectivity index (χ3n) is 4.33. The molecule has 0 atom stereocenters. The van der Waals surface area contributed by atoms with E-state index in [4.69, 9.17) is 4.98 Å². The van der Waals surface area contributed by atoms with Crippen molar-refractivity contribution in [1.29, 1.82) is 0 Å². The van der Waals surface area contributed by atoms with Gasteiger partial charge in [0, 0.05) is 18.0 Å². The first-order valence-corrected chi connectivity index (χ1v) is 8.62. The highest BCUT2D eigenvalue weighted by Gasteiger charge is 2.07. The van der Waals surface area contributed by atoms with Crippen LogP contribution in [-0.4, -0.2) is 9.55 Å². The number of hydrogen-bond donors (Lipinski definition) is 1. The zero-order valence-corrected chi connectivity index (χ0v) is 14.3. The minimum Gasteiger partial charge on any atom is -0.366 e. The summed E-state index contributed by atoms with van der Waals surface area (Å²) in [4.78, 5) is 17.1. The van der Waals surface area contributed by atoms with Crippen LogP contribution in [-0.2, 0) is 13.1 Å². The van der Waals surface area contributed by atoms with E-state index < -0.39 is 0 Å². The molecule has 0 saturated carbocycles. The van der Waals surface area contributed by atoms with Crippen LogP contribution in [0.4, 0.5) is 5.82 Å². The fraction of sp³-hybridized carbons (Fsp3) is 0.0909. The van der Waals surface area contributed by atoms with Gasteiger partial charge in [0.2, 0.25) is 0 Å². The summed E-state index contributed by atoms with van der Waals surface area (Å²) >= 11 is 0. The fourth-order valence-corrected chi connectivity index (χ4v) is 2.97. The second kappa shape index (κ2) is 7.23. The summed E-state index contributed by atoms with van der Waals surface area (Å²) in [5, 5.41) is 4.29. The highest BCUT2D eigenvalue weighted by Crippen LogP contribution is 2.15. The van der Waals surface area contributed by atoms with Gasteiger partial charge in [0.15, 0.2) is 0 Å². The van der Waals surface area contributed by atoms with E-state index in [-0.39, 0.29) is 5.56 Å². The number of anilines is 1. The van der Waals surface area contributed by atoms with E-state index in [1.165, 1.54) is 5.56 Å². The lowest BCUT2D eigenvalue weighted by Crippen LogP contribution is -2.21. The van der Waals surface area contributed by atoms with Crippen LogP contribution in [0.1, 0.15) is 11.1 Å².